The van der Waals surface area contributed by atoms with Crippen LogP contribution in [0.3, 0.4) is 0 Å². The molecule has 1 aliphatic heterocycles. The standard InChI is InChI=1S/C15H15NO/c17-15(14-11-16-14,12-7-3-1-4-8-12)13-9-5-2-6-10-13/h1-10,14,16-17H,11H2. The first kappa shape index (κ1) is 10.5. The molecule has 1 saturated heterocycles. The van der Waals surface area contributed by atoms with Crippen molar-refractivity contribution in [1.82, 2.24) is 5.32 Å². The Bertz CT molecular complexity index is 451. The van der Waals surface area contributed by atoms with Crippen LogP contribution in [-0.2, 0) is 5.60 Å². The highest BCUT2D eigenvalue weighted by atomic mass is 16.3. The quantitative estimate of drug-likeness (QED) is 0.783. The maximum atomic E-state index is 11.0. The van der Waals surface area contributed by atoms with Gasteiger partial charge in [-0.1, -0.05) is 60.7 Å². The van der Waals surface area contributed by atoms with Gasteiger partial charge in [-0.05, 0) is 11.1 Å². The summed E-state index contributed by atoms with van der Waals surface area (Å²) in [5.41, 5.74) is 0.977. The molecule has 2 nitrogen and oxygen atoms in total. The molecule has 2 aromatic rings. The highest BCUT2D eigenvalue weighted by Crippen LogP contribution is 2.36. The zero-order chi connectivity index (χ0) is 11.7. The second-order valence-corrected chi connectivity index (χ2v) is 4.46. The van der Waals surface area contributed by atoms with Crippen molar-refractivity contribution in [1.29, 1.82) is 0 Å². The predicted octanol–water partition coefficient (Wildman–Crippen LogP) is 1.89. The van der Waals surface area contributed by atoms with E-state index in [2.05, 4.69) is 5.32 Å². The zero-order valence-corrected chi connectivity index (χ0v) is 9.51. The Morgan fingerprint density at radius 2 is 1.29 bits per heavy atom. The fourth-order valence-corrected chi connectivity index (χ4v) is 2.31. The number of hydrogen-bond donors (Lipinski definition) is 2. The van der Waals surface area contributed by atoms with Crippen LogP contribution in [0.2, 0.25) is 0 Å². The normalized spacial score (nSPS) is 19.0. The minimum atomic E-state index is -0.914. The van der Waals surface area contributed by atoms with E-state index in [1.807, 2.05) is 60.7 Å². The van der Waals surface area contributed by atoms with E-state index in [4.69, 9.17) is 0 Å². The maximum Gasteiger partial charge on any atom is 0.131 e. The maximum absolute atomic E-state index is 11.0. The third-order valence-electron chi connectivity index (χ3n) is 3.34. The Balaban J connectivity index is 2.11. The van der Waals surface area contributed by atoms with Crippen LogP contribution in [0.1, 0.15) is 11.1 Å². The van der Waals surface area contributed by atoms with Gasteiger partial charge in [-0.3, -0.25) is 0 Å². The monoisotopic (exact) mass is 225 g/mol. The Morgan fingerprint density at radius 1 is 0.882 bits per heavy atom. The molecule has 3 rings (SSSR count). The van der Waals surface area contributed by atoms with Gasteiger partial charge in [0.05, 0.1) is 6.04 Å². The van der Waals surface area contributed by atoms with Crippen LogP contribution in [0, 0.1) is 0 Å². The van der Waals surface area contributed by atoms with E-state index in [0.29, 0.717) is 0 Å². The van der Waals surface area contributed by atoms with Gasteiger partial charge < -0.3 is 10.4 Å². The van der Waals surface area contributed by atoms with Crippen LogP contribution >= 0.6 is 0 Å². The van der Waals surface area contributed by atoms with Gasteiger partial charge in [0.15, 0.2) is 0 Å². The van der Waals surface area contributed by atoms with E-state index < -0.39 is 5.60 Å². The minimum absolute atomic E-state index is 0.118. The summed E-state index contributed by atoms with van der Waals surface area (Å²) in [7, 11) is 0. The molecule has 0 radical (unpaired) electrons. The van der Waals surface area contributed by atoms with Crippen molar-refractivity contribution in [3.05, 3.63) is 71.8 Å². The summed E-state index contributed by atoms with van der Waals surface area (Å²) in [6, 6.07) is 19.8. The van der Waals surface area contributed by atoms with Gasteiger partial charge in [0, 0.05) is 6.54 Å². The van der Waals surface area contributed by atoms with Crippen LogP contribution in [0.4, 0.5) is 0 Å². The molecule has 2 aromatic carbocycles. The lowest BCUT2D eigenvalue weighted by Gasteiger charge is -2.28. The average Bonchev–Trinajstić information content (AvgIpc) is 3.24. The average molecular weight is 225 g/mol. The van der Waals surface area contributed by atoms with E-state index in [0.717, 1.165) is 17.7 Å². The largest absolute Gasteiger partial charge is 0.379 e. The van der Waals surface area contributed by atoms with Crippen molar-refractivity contribution in [2.75, 3.05) is 6.54 Å². The van der Waals surface area contributed by atoms with Crippen LogP contribution in [0.15, 0.2) is 60.7 Å². The summed E-state index contributed by atoms with van der Waals surface area (Å²) in [4.78, 5) is 0. The number of benzene rings is 2. The van der Waals surface area contributed by atoms with Gasteiger partial charge in [0.1, 0.15) is 5.60 Å². The molecule has 1 aliphatic rings. The first-order valence-corrected chi connectivity index (χ1v) is 5.88. The summed E-state index contributed by atoms with van der Waals surface area (Å²) in [5, 5.41) is 14.3. The van der Waals surface area contributed by atoms with E-state index in [1.54, 1.807) is 0 Å². The second kappa shape index (κ2) is 3.99. The summed E-state index contributed by atoms with van der Waals surface area (Å²) in [5.74, 6) is 0. The van der Waals surface area contributed by atoms with E-state index in [1.165, 1.54) is 0 Å². The number of hydrogen-bond acceptors (Lipinski definition) is 2. The van der Waals surface area contributed by atoms with E-state index in [9.17, 15) is 5.11 Å². The molecule has 1 unspecified atom stereocenters. The second-order valence-electron chi connectivity index (χ2n) is 4.46. The predicted molar refractivity (Wildman–Crippen MR) is 67.7 cm³/mol. The lowest BCUT2D eigenvalue weighted by molar-refractivity contribution is 0.0793. The molecule has 0 aromatic heterocycles. The lowest BCUT2D eigenvalue weighted by Crippen LogP contribution is -2.35. The van der Waals surface area contributed by atoms with Gasteiger partial charge in [0.2, 0.25) is 0 Å². The molecule has 0 bridgehead atoms. The first-order valence-electron chi connectivity index (χ1n) is 5.88. The van der Waals surface area contributed by atoms with Gasteiger partial charge in [-0.15, -0.1) is 0 Å². The van der Waals surface area contributed by atoms with Crippen molar-refractivity contribution < 1.29 is 5.11 Å². The molecular formula is C15H15NO. The molecule has 0 saturated carbocycles. The highest BCUT2D eigenvalue weighted by molar-refractivity contribution is 5.40. The van der Waals surface area contributed by atoms with Crippen molar-refractivity contribution >= 4 is 0 Å². The SMILES string of the molecule is OC(c1ccccc1)(c1ccccc1)C1CN1. The van der Waals surface area contributed by atoms with Gasteiger partial charge in [0.25, 0.3) is 0 Å². The molecule has 86 valence electrons. The van der Waals surface area contributed by atoms with Gasteiger partial charge in [-0.25, -0.2) is 0 Å². The summed E-state index contributed by atoms with van der Waals surface area (Å²) in [6.07, 6.45) is 0. The number of rotatable bonds is 3. The van der Waals surface area contributed by atoms with Crippen molar-refractivity contribution in [2.24, 2.45) is 0 Å². The molecule has 1 heterocycles. The number of nitrogens with one attached hydrogen (secondary N) is 1. The van der Waals surface area contributed by atoms with Crippen LogP contribution in [0.5, 0.6) is 0 Å². The minimum Gasteiger partial charge on any atom is -0.379 e. The third-order valence-corrected chi connectivity index (χ3v) is 3.34. The molecule has 1 fully saturated rings. The van der Waals surface area contributed by atoms with Crippen LogP contribution in [-0.4, -0.2) is 17.7 Å². The Morgan fingerprint density at radius 3 is 1.65 bits per heavy atom. The Labute approximate surface area is 101 Å². The lowest BCUT2D eigenvalue weighted by atomic mass is 9.83. The molecule has 0 amide bonds. The summed E-state index contributed by atoms with van der Waals surface area (Å²) < 4.78 is 0. The van der Waals surface area contributed by atoms with Gasteiger partial charge in [-0.2, -0.15) is 0 Å². The molecule has 2 heteroatoms. The molecule has 0 spiro atoms. The van der Waals surface area contributed by atoms with Gasteiger partial charge >= 0.3 is 0 Å². The molecule has 0 aliphatic carbocycles. The molecular weight excluding hydrogens is 210 g/mol. The first-order chi connectivity index (χ1) is 8.32. The van der Waals surface area contributed by atoms with E-state index >= 15 is 0 Å². The summed E-state index contributed by atoms with van der Waals surface area (Å²) in [6.45, 7) is 0.861. The van der Waals surface area contributed by atoms with E-state index in [-0.39, 0.29) is 6.04 Å². The molecule has 2 N–H and O–H groups in total. The zero-order valence-electron chi connectivity index (χ0n) is 9.51. The fourth-order valence-electron chi connectivity index (χ4n) is 2.31. The van der Waals surface area contributed by atoms with Crippen LogP contribution in [0.25, 0.3) is 0 Å². The van der Waals surface area contributed by atoms with Crippen LogP contribution < -0.4 is 5.32 Å². The Kier molecular flexibility index (Phi) is 2.46. The molecule has 1 atom stereocenters. The summed E-state index contributed by atoms with van der Waals surface area (Å²) >= 11 is 0. The number of aliphatic hydroxyl groups is 1. The Hall–Kier alpha value is -1.64. The highest BCUT2D eigenvalue weighted by Gasteiger charge is 2.46. The van der Waals surface area contributed by atoms with Crippen molar-refractivity contribution in [2.45, 2.75) is 11.6 Å². The van der Waals surface area contributed by atoms with Crippen molar-refractivity contribution in [3.63, 3.8) is 0 Å². The third kappa shape index (κ3) is 1.75. The topological polar surface area (TPSA) is 42.2 Å². The smallest absolute Gasteiger partial charge is 0.131 e. The van der Waals surface area contributed by atoms with Crippen molar-refractivity contribution in [3.8, 4) is 0 Å². The molecule has 17 heavy (non-hydrogen) atoms. The fraction of sp³-hybridized carbons (Fsp3) is 0.200.